The van der Waals surface area contributed by atoms with Gasteiger partial charge in [-0.05, 0) is 19.9 Å². The minimum atomic E-state index is -0.855. The molecule has 1 fully saturated rings. The number of likely N-dealkylation sites (tertiary alicyclic amines) is 1. The summed E-state index contributed by atoms with van der Waals surface area (Å²) in [4.78, 5) is 35.0. The van der Waals surface area contributed by atoms with Crippen LogP contribution in [0, 0.1) is 5.41 Å². The second kappa shape index (κ2) is 5.13. The van der Waals surface area contributed by atoms with E-state index in [-0.39, 0.29) is 6.54 Å². The average Bonchev–Trinajstić information content (AvgIpc) is 2.61. The smallest absolute Gasteiger partial charge is 0.321 e. The summed E-state index contributed by atoms with van der Waals surface area (Å²) in [6.07, 6.45) is 0.510. The third kappa shape index (κ3) is 3.42. The molecule has 1 heterocycles. The Bertz CT molecular complexity index is 344. The number of carboxylic acids is 1. The highest BCUT2D eigenvalue weighted by atomic mass is 16.4. The lowest BCUT2D eigenvalue weighted by molar-refractivity contribution is -0.147. The van der Waals surface area contributed by atoms with Crippen molar-refractivity contribution in [1.82, 2.24) is 15.5 Å². The molecule has 3 N–H and O–H groups in total. The first-order chi connectivity index (χ1) is 7.87. The van der Waals surface area contributed by atoms with Crippen molar-refractivity contribution in [1.29, 1.82) is 0 Å². The molecule has 96 valence electrons. The molecule has 0 aromatic heterocycles. The van der Waals surface area contributed by atoms with Crippen molar-refractivity contribution in [2.75, 3.05) is 26.7 Å². The van der Waals surface area contributed by atoms with Gasteiger partial charge in [-0.15, -0.1) is 0 Å². The lowest BCUT2D eigenvalue weighted by Crippen LogP contribution is -2.43. The second-order valence-electron chi connectivity index (χ2n) is 4.45. The van der Waals surface area contributed by atoms with E-state index in [0.29, 0.717) is 19.5 Å². The van der Waals surface area contributed by atoms with E-state index in [1.165, 1.54) is 7.05 Å². The third-order valence-electron chi connectivity index (χ3n) is 2.92. The summed E-state index contributed by atoms with van der Waals surface area (Å²) in [5, 5.41) is 13.4. The highest BCUT2D eigenvalue weighted by molar-refractivity contribution is 5.95. The molecule has 1 unspecified atom stereocenters. The van der Waals surface area contributed by atoms with Gasteiger partial charge in [0.25, 0.3) is 0 Å². The molecule has 0 bridgehead atoms. The van der Waals surface area contributed by atoms with Crippen molar-refractivity contribution in [2.24, 2.45) is 5.41 Å². The maximum absolute atomic E-state index is 11.4. The summed E-state index contributed by atoms with van der Waals surface area (Å²) in [6, 6.07) is -0.560. The number of nitrogens with zero attached hydrogens (tertiary/aromatic N) is 1. The van der Waals surface area contributed by atoms with Crippen LogP contribution in [0.1, 0.15) is 13.3 Å². The Labute approximate surface area is 99.2 Å². The second-order valence-corrected chi connectivity index (χ2v) is 4.45. The number of nitrogens with one attached hydrogen (secondary N) is 2. The van der Waals surface area contributed by atoms with Gasteiger partial charge in [0.1, 0.15) is 0 Å². The molecule has 0 radical (unpaired) electrons. The average molecular weight is 243 g/mol. The largest absolute Gasteiger partial charge is 0.481 e. The van der Waals surface area contributed by atoms with E-state index in [2.05, 4.69) is 10.6 Å². The van der Waals surface area contributed by atoms with Crippen LogP contribution in [0.5, 0.6) is 0 Å². The van der Waals surface area contributed by atoms with Crippen LogP contribution >= 0.6 is 0 Å². The predicted octanol–water partition coefficient (Wildman–Crippen LogP) is -0.761. The molecule has 1 rings (SSSR count). The van der Waals surface area contributed by atoms with Crippen molar-refractivity contribution in [3.05, 3.63) is 0 Å². The highest BCUT2D eigenvalue weighted by Gasteiger charge is 2.40. The van der Waals surface area contributed by atoms with Crippen molar-refractivity contribution in [3.8, 4) is 0 Å². The first-order valence-corrected chi connectivity index (χ1v) is 5.35. The Morgan fingerprint density at radius 1 is 1.41 bits per heavy atom. The minimum absolute atomic E-state index is 0.0380. The van der Waals surface area contributed by atoms with Crippen LogP contribution in [0.3, 0.4) is 0 Å². The zero-order valence-electron chi connectivity index (χ0n) is 9.95. The molecule has 1 aliphatic heterocycles. The zero-order valence-corrected chi connectivity index (χ0v) is 9.95. The predicted molar refractivity (Wildman–Crippen MR) is 59.4 cm³/mol. The van der Waals surface area contributed by atoms with Crippen molar-refractivity contribution < 1.29 is 19.5 Å². The summed E-state index contributed by atoms with van der Waals surface area (Å²) in [5.41, 5.74) is -0.798. The summed E-state index contributed by atoms with van der Waals surface area (Å²) >= 11 is 0. The van der Waals surface area contributed by atoms with Crippen LogP contribution in [-0.2, 0) is 9.59 Å². The summed E-state index contributed by atoms with van der Waals surface area (Å²) < 4.78 is 0. The Morgan fingerprint density at radius 3 is 2.53 bits per heavy atom. The number of carboxylic acid groups (broad SMARTS) is 1. The molecule has 3 amide bonds. The van der Waals surface area contributed by atoms with E-state index in [4.69, 9.17) is 5.11 Å². The van der Waals surface area contributed by atoms with Gasteiger partial charge < -0.3 is 10.4 Å². The number of amides is 3. The summed E-state index contributed by atoms with van der Waals surface area (Å²) in [7, 11) is 1.42. The van der Waals surface area contributed by atoms with Gasteiger partial charge in [0.15, 0.2) is 0 Å². The van der Waals surface area contributed by atoms with Gasteiger partial charge in [0.2, 0.25) is 5.91 Å². The SMILES string of the molecule is CNC(=O)NC(=O)CN1CCC(C)(C(=O)O)C1. The van der Waals surface area contributed by atoms with E-state index in [1.807, 2.05) is 0 Å². The van der Waals surface area contributed by atoms with Gasteiger partial charge in [0, 0.05) is 13.6 Å². The van der Waals surface area contributed by atoms with Crippen molar-refractivity contribution in [3.63, 3.8) is 0 Å². The third-order valence-corrected chi connectivity index (χ3v) is 2.92. The van der Waals surface area contributed by atoms with Gasteiger partial charge in [0.05, 0.1) is 12.0 Å². The van der Waals surface area contributed by atoms with Crippen LogP contribution in [0.15, 0.2) is 0 Å². The van der Waals surface area contributed by atoms with E-state index >= 15 is 0 Å². The maximum Gasteiger partial charge on any atom is 0.321 e. The number of rotatable bonds is 3. The van der Waals surface area contributed by atoms with Gasteiger partial charge in [-0.1, -0.05) is 0 Å². The first-order valence-electron chi connectivity index (χ1n) is 5.35. The molecule has 0 aliphatic carbocycles. The van der Waals surface area contributed by atoms with Gasteiger partial charge in [-0.2, -0.15) is 0 Å². The number of carbonyl (C=O) groups excluding carboxylic acids is 2. The fourth-order valence-corrected chi connectivity index (χ4v) is 1.80. The number of aliphatic carboxylic acids is 1. The molecule has 7 heteroatoms. The van der Waals surface area contributed by atoms with E-state index in [0.717, 1.165) is 0 Å². The molecular formula is C10H17N3O4. The zero-order chi connectivity index (χ0) is 13.1. The molecule has 0 spiro atoms. The normalized spacial score (nSPS) is 24.4. The Morgan fingerprint density at radius 2 is 2.06 bits per heavy atom. The highest BCUT2D eigenvalue weighted by Crippen LogP contribution is 2.29. The maximum atomic E-state index is 11.4. The molecule has 1 atom stereocenters. The molecule has 17 heavy (non-hydrogen) atoms. The fourth-order valence-electron chi connectivity index (χ4n) is 1.80. The van der Waals surface area contributed by atoms with E-state index < -0.39 is 23.3 Å². The van der Waals surface area contributed by atoms with Crippen LogP contribution in [0.2, 0.25) is 0 Å². The number of imide groups is 1. The number of carbonyl (C=O) groups is 3. The summed E-state index contributed by atoms with van der Waals surface area (Å²) in [6.45, 7) is 2.57. The summed E-state index contributed by atoms with van der Waals surface area (Å²) in [5.74, 6) is -1.29. The Kier molecular flexibility index (Phi) is 4.06. The Hall–Kier alpha value is -1.63. The molecule has 1 saturated heterocycles. The minimum Gasteiger partial charge on any atom is -0.481 e. The first kappa shape index (κ1) is 13.4. The molecule has 0 aromatic rings. The molecule has 0 saturated carbocycles. The molecular weight excluding hydrogens is 226 g/mol. The van der Waals surface area contributed by atoms with Crippen molar-refractivity contribution in [2.45, 2.75) is 13.3 Å². The van der Waals surface area contributed by atoms with Crippen LogP contribution < -0.4 is 10.6 Å². The van der Waals surface area contributed by atoms with Gasteiger partial charge in [-0.3, -0.25) is 19.8 Å². The van der Waals surface area contributed by atoms with Crippen LogP contribution in [-0.4, -0.2) is 54.6 Å². The number of hydrogen-bond donors (Lipinski definition) is 3. The van der Waals surface area contributed by atoms with E-state index in [9.17, 15) is 14.4 Å². The lowest BCUT2D eigenvalue weighted by Gasteiger charge is -2.19. The Balaban J connectivity index is 2.43. The molecule has 7 nitrogen and oxygen atoms in total. The monoisotopic (exact) mass is 243 g/mol. The van der Waals surface area contributed by atoms with Crippen molar-refractivity contribution >= 4 is 17.9 Å². The quantitative estimate of drug-likeness (QED) is 0.605. The van der Waals surface area contributed by atoms with Crippen LogP contribution in [0.25, 0.3) is 0 Å². The van der Waals surface area contributed by atoms with Crippen LogP contribution in [0.4, 0.5) is 4.79 Å². The van der Waals surface area contributed by atoms with Gasteiger partial charge >= 0.3 is 12.0 Å². The molecule has 0 aromatic carbocycles. The lowest BCUT2D eigenvalue weighted by atomic mass is 9.90. The van der Waals surface area contributed by atoms with E-state index in [1.54, 1.807) is 11.8 Å². The number of urea groups is 1. The fraction of sp³-hybridized carbons (Fsp3) is 0.700. The standard InChI is InChI=1S/C10H17N3O4/c1-10(8(15)16)3-4-13(6-10)5-7(14)12-9(17)11-2/h3-6H2,1-2H3,(H,15,16)(H2,11,12,14,17). The van der Waals surface area contributed by atoms with Gasteiger partial charge in [-0.25, -0.2) is 4.79 Å². The number of hydrogen-bond acceptors (Lipinski definition) is 4. The topological polar surface area (TPSA) is 98.7 Å². The molecule has 1 aliphatic rings.